The smallest absolute Gasteiger partial charge is 0.317 e. The van der Waals surface area contributed by atoms with E-state index in [0.717, 1.165) is 17.4 Å². The van der Waals surface area contributed by atoms with Gasteiger partial charge in [0.25, 0.3) is 0 Å². The van der Waals surface area contributed by atoms with Crippen molar-refractivity contribution in [2.24, 2.45) is 0 Å². The molecule has 0 saturated heterocycles. The first-order chi connectivity index (χ1) is 13.4. The summed E-state index contributed by atoms with van der Waals surface area (Å²) in [7, 11) is -1.94. The van der Waals surface area contributed by atoms with Crippen LogP contribution in [0.5, 0.6) is 5.75 Å². The second kappa shape index (κ2) is 10.7. The first-order valence-electron chi connectivity index (χ1n) is 8.91. The molecule has 28 heavy (non-hydrogen) atoms. The predicted molar refractivity (Wildman–Crippen MR) is 107 cm³/mol. The lowest BCUT2D eigenvalue weighted by Crippen LogP contribution is -2.40. The SMILES string of the molecule is COCCCN(Cc1ccc(OS(C)(=O)=O)cc1)C(=O)NCc1ccccc1. The standard InChI is InChI=1S/C20H26N2O5S/c1-26-14-6-13-22(20(23)21-15-17-7-4-3-5-8-17)16-18-9-11-19(12-10-18)27-28(2,24)25/h3-5,7-12H,6,13-16H2,1-2H3,(H,21,23). The van der Waals surface area contributed by atoms with Gasteiger partial charge in [-0.05, 0) is 29.7 Å². The number of hydrogen-bond donors (Lipinski definition) is 1. The van der Waals surface area contributed by atoms with Gasteiger partial charge in [-0.2, -0.15) is 8.42 Å². The molecule has 0 aliphatic rings. The van der Waals surface area contributed by atoms with E-state index in [0.29, 0.717) is 32.7 Å². The third-order valence-corrected chi connectivity index (χ3v) is 4.39. The van der Waals surface area contributed by atoms with Gasteiger partial charge in [0.15, 0.2) is 0 Å². The van der Waals surface area contributed by atoms with Gasteiger partial charge in [-0.1, -0.05) is 42.5 Å². The topological polar surface area (TPSA) is 84.9 Å². The molecule has 0 unspecified atom stereocenters. The lowest BCUT2D eigenvalue weighted by atomic mass is 10.2. The maximum atomic E-state index is 12.6. The number of carbonyl (C=O) groups is 1. The minimum Gasteiger partial charge on any atom is -0.385 e. The van der Waals surface area contributed by atoms with Crippen LogP contribution in [0.4, 0.5) is 4.79 Å². The van der Waals surface area contributed by atoms with Gasteiger partial charge in [0.1, 0.15) is 5.75 Å². The van der Waals surface area contributed by atoms with E-state index in [4.69, 9.17) is 8.92 Å². The van der Waals surface area contributed by atoms with Crippen molar-refractivity contribution in [1.29, 1.82) is 0 Å². The van der Waals surface area contributed by atoms with Crippen molar-refractivity contribution >= 4 is 16.1 Å². The third kappa shape index (κ3) is 7.98. The van der Waals surface area contributed by atoms with Gasteiger partial charge < -0.3 is 19.1 Å². The van der Waals surface area contributed by atoms with Crippen molar-refractivity contribution in [3.05, 3.63) is 65.7 Å². The molecule has 7 nitrogen and oxygen atoms in total. The van der Waals surface area contributed by atoms with Crippen LogP contribution in [0.15, 0.2) is 54.6 Å². The quantitative estimate of drug-likeness (QED) is 0.484. The Hall–Kier alpha value is -2.58. The van der Waals surface area contributed by atoms with E-state index in [1.165, 1.54) is 0 Å². The highest BCUT2D eigenvalue weighted by molar-refractivity contribution is 7.86. The molecule has 1 N–H and O–H groups in total. The van der Waals surface area contributed by atoms with E-state index in [9.17, 15) is 13.2 Å². The summed E-state index contributed by atoms with van der Waals surface area (Å²) in [6, 6.07) is 16.2. The molecule has 0 fully saturated rings. The number of ether oxygens (including phenoxy) is 1. The molecule has 0 heterocycles. The zero-order chi connectivity index (χ0) is 20.4. The van der Waals surface area contributed by atoms with Crippen LogP contribution in [0.2, 0.25) is 0 Å². The Balaban J connectivity index is 1.99. The molecule has 8 heteroatoms. The summed E-state index contributed by atoms with van der Waals surface area (Å²) in [6.45, 7) is 1.94. The molecule has 0 aromatic heterocycles. The normalized spacial score (nSPS) is 11.1. The summed E-state index contributed by atoms with van der Waals surface area (Å²) in [5.74, 6) is 0.241. The average molecular weight is 407 g/mol. The van der Waals surface area contributed by atoms with Crippen molar-refractivity contribution in [3.63, 3.8) is 0 Å². The van der Waals surface area contributed by atoms with Crippen LogP contribution >= 0.6 is 0 Å². The molecule has 2 aromatic carbocycles. The van der Waals surface area contributed by atoms with Crippen molar-refractivity contribution in [2.45, 2.75) is 19.5 Å². The summed E-state index contributed by atoms with van der Waals surface area (Å²) in [6.07, 6.45) is 1.71. The van der Waals surface area contributed by atoms with E-state index in [1.54, 1.807) is 36.3 Å². The number of rotatable bonds is 10. The number of benzene rings is 2. The maximum absolute atomic E-state index is 12.6. The zero-order valence-electron chi connectivity index (χ0n) is 16.1. The van der Waals surface area contributed by atoms with Gasteiger partial charge in [-0.15, -0.1) is 0 Å². The second-order valence-corrected chi connectivity index (χ2v) is 7.92. The first kappa shape index (κ1) is 21.7. The Morgan fingerprint density at radius 3 is 2.32 bits per heavy atom. The van der Waals surface area contributed by atoms with Crippen molar-refractivity contribution in [3.8, 4) is 5.75 Å². The number of hydrogen-bond acceptors (Lipinski definition) is 5. The summed E-state index contributed by atoms with van der Waals surface area (Å²) in [5, 5.41) is 2.93. The Morgan fingerprint density at radius 2 is 1.71 bits per heavy atom. The molecule has 0 saturated carbocycles. The van der Waals surface area contributed by atoms with Crippen LogP contribution in [0.25, 0.3) is 0 Å². The van der Waals surface area contributed by atoms with Gasteiger partial charge in [-0.25, -0.2) is 4.79 Å². The average Bonchev–Trinajstić information content (AvgIpc) is 2.66. The fourth-order valence-corrected chi connectivity index (χ4v) is 3.04. The molecule has 0 radical (unpaired) electrons. The second-order valence-electron chi connectivity index (χ2n) is 6.34. The largest absolute Gasteiger partial charge is 0.385 e. The molecular formula is C20H26N2O5S. The fourth-order valence-electron chi connectivity index (χ4n) is 2.58. The third-order valence-electron chi connectivity index (χ3n) is 3.89. The Morgan fingerprint density at radius 1 is 1.04 bits per heavy atom. The summed E-state index contributed by atoms with van der Waals surface area (Å²) in [5.41, 5.74) is 1.89. The van der Waals surface area contributed by atoms with Gasteiger partial charge >= 0.3 is 16.1 Å². The molecule has 2 amide bonds. The highest BCUT2D eigenvalue weighted by Crippen LogP contribution is 2.15. The van der Waals surface area contributed by atoms with E-state index >= 15 is 0 Å². The van der Waals surface area contributed by atoms with Crippen LogP contribution < -0.4 is 9.50 Å². The monoisotopic (exact) mass is 406 g/mol. The minimum absolute atomic E-state index is 0.170. The highest BCUT2D eigenvalue weighted by Gasteiger charge is 2.14. The Bertz CT molecular complexity index is 839. The molecule has 0 bridgehead atoms. The number of urea groups is 1. The van der Waals surface area contributed by atoms with Crippen molar-refractivity contribution < 1.29 is 22.1 Å². The van der Waals surface area contributed by atoms with E-state index < -0.39 is 10.1 Å². The molecule has 2 aromatic rings. The van der Waals surface area contributed by atoms with E-state index in [2.05, 4.69) is 5.32 Å². The molecule has 0 spiro atoms. The molecule has 0 atom stereocenters. The van der Waals surface area contributed by atoms with Crippen LogP contribution in [0, 0.1) is 0 Å². The number of nitrogens with zero attached hydrogens (tertiary/aromatic N) is 1. The lowest BCUT2D eigenvalue weighted by molar-refractivity contribution is 0.165. The molecule has 2 rings (SSSR count). The van der Waals surface area contributed by atoms with Gasteiger partial charge in [0.2, 0.25) is 0 Å². The van der Waals surface area contributed by atoms with Gasteiger partial charge in [0.05, 0.1) is 6.26 Å². The number of nitrogens with one attached hydrogen (secondary N) is 1. The molecule has 152 valence electrons. The van der Waals surface area contributed by atoms with Crippen molar-refractivity contribution in [1.82, 2.24) is 10.2 Å². The van der Waals surface area contributed by atoms with Crippen LogP contribution in [0.1, 0.15) is 17.5 Å². The summed E-state index contributed by atoms with van der Waals surface area (Å²) >= 11 is 0. The van der Waals surface area contributed by atoms with Gasteiger partial charge in [0, 0.05) is 33.4 Å². The van der Waals surface area contributed by atoms with E-state index in [1.807, 2.05) is 30.3 Å². The van der Waals surface area contributed by atoms with E-state index in [-0.39, 0.29) is 11.8 Å². The molecular weight excluding hydrogens is 380 g/mol. The molecule has 0 aliphatic carbocycles. The highest BCUT2D eigenvalue weighted by atomic mass is 32.2. The van der Waals surface area contributed by atoms with Gasteiger partial charge in [-0.3, -0.25) is 0 Å². The van der Waals surface area contributed by atoms with Crippen LogP contribution in [-0.4, -0.2) is 45.9 Å². The number of carbonyl (C=O) groups excluding carboxylic acids is 1. The molecule has 0 aliphatic heterocycles. The van der Waals surface area contributed by atoms with Crippen LogP contribution in [-0.2, 0) is 27.9 Å². The number of amides is 2. The summed E-state index contributed by atoms with van der Waals surface area (Å²) < 4.78 is 32.3. The Kier molecular flexibility index (Phi) is 8.28. The zero-order valence-corrected chi connectivity index (χ0v) is 16.9. The minimum atomic E-state index is -3.56. The lowest BCUT2D eigenvalue weighted by Gasteiger charge is -2.23. The van der Waals surface area contributed by atoms with Crippen molar-refractivity contribution in [2.75, 3.05) is 26.5 Å². The Labute approximate surface area is 166 Å². The predicted octanol–water partition coefficient (Wildman–Crippen LogP) is 2.77. The fraction of sp³-hybridized carbons (Fsp3) is 0.350. The number of methoxy groups -OCH3 is 1. The maximum Gasteiger partial charge on any atom is 0.317 e. The summed E-state index contributed by atoms with van der Waals surface area (Å²) in [4.78, 5) is 14.3. The first-order valence-corrected chi connectivity index (χ1v) is 10.7. The van der Waals surface area contributed by atoms with Crippen LogP contribution in [0.3, 0.4) is 0 Å².